The van der Waals surface area contributed by atoms with Crippen LogP contribution in [-0.2, 0) is 23.9 Å². The number of carbonyl (C=O) groups is 5. The number of ether oxygens (including phenoxy) is 1. The topological polar surface area (TPSA) is 142 Å². The highest BCUT2D eigenvalue weighted by molar-refractivity contribution is 6.04. The summed E-state index contributed by atoms with van der Waals surface area (Å²) in [6.07, 6.45) is -0.774. The first-order valence-corrected chi connectivity index (χ1v) is 7.76. The van der Waals surface area contributed by atoms with E-state index in [9.17, 15) is 24.0 Å². The van der Waals surface area contributed by atoms with Gasteiger partial charge in [-0.25, -0.2) is 4.79 Å². The SMILES string of the molecule is C[C@H](NC(=O)OC(C)(C)C)C(=O)N[C@H]1CCC(=O)N(CC(=O)O)C1=O. The van der Waals surface area contributed by atoms with Crippen LogP contribution in [0.5, 0.6) is 0 Å². The molecule has 0 aromatic rings. The molecule has 1 heterocycles. The van der Waals surface area contributed by atoms with Gasteiger partial charge in [0, 0.05) is 6.42 Å². The van der Waals surface area contributed by atoms with Gasteiger partial charge in [-0.15, -0.1) is 0 Å². The van der Waals surface area contributed by atoms with Crippen LogP contribution in [-0.4, -0.2) is 64.0 Å². The number of amides is 4. The quantitative estimate of drug-likeness (QED) is 0.569. The molecule has 0 aliphatic carbocycles. The fourth-order valence-electron chi connectivity index (χ4n) is 2.12. The van der Waals surface area contributed by atoms with E-state index in [0.717, 1.165) is 0 Å². The maximum atomic E-state index is 12.2. The van der Waals surface area contributed by atoms with E-state index in [1.807, 2.05) is 0 Å². The number of aliphatic carboxylic acids is 1. The molecule has 1 saturated heterocycles. The average molecular weight is 357 g/mol. The van der Waals surface area contributed by atoms with Crippen molar-refractivity contribution >= 4 is 29.8 Å². The van der Waals surface area contributed by atoms with Crippen molar-refractivity contribution in [1.82, 2.24) is 15.5 Å². The molecule has 1 fully saturated rings. The molecule has 0 aromatic heterocycles. The molecule has 1 rings (SSSR count). The van der Waals surface area contributed by atoms with Gasteiger partial charge in [0.25, 0.3) is 5.91 Å². The third kappa shape index (κ3) is 6.40. The fraction of sp³-hybridized carbons (Fsp3) is 0.667. The third-order valence-corrected chi connectivity index (χ3v) is 3.25. The van der Waals surface area contributed by atoms with Gasteiger partial charge in [0.2, 0.25) is 11.8 Å². The number of piperidine rings is 1. The molecule has 10 heteroatoms. The second kappa shape index (κ2) is 7.95. The van der Waals surface area contributed by atoms with Gasteiger partial charge in [0.1, 0.15) is 24.2 Å². The molecule has 3 N–H and O–H groups in total. The predicted molar refractivity (Wildman–Crippen MR) is 84.4 cm³/mol. The van der Waals surface area contributed by atoms with E-state index in [1.165, 1.54) is 6.92 Å². The number of carboxylic acid groups (broad SMARTS) is 1. The summed E-state index contributed by atoms with van der Waals surface area (Å²) in [6.45, 7) is 5.67. The monoisotopic (exact) mass is 357 g/mol. The fourth-order valence-corrected chi connectivity index (χ4v) is 2.12. The Morgan fingerprint density at radius 3 is 2.44 bits per heavy atom. The van der Waals surface area contributed by atoms with E-state index in [0.29, 0.717) is 4.90 Å². The molecule has 0 aromatic carbocycles. The summed E-state index contributed by atoms with van der Waals surface area (Å²) in [5.74, 6) is -3.35. The molecule has 1 aliphatic heterocycles. The second-order valence-corrected chi connectivity index (χ2v) is 6.68. The number of hydrogen-bond acceptors (Lipinski definition) is 6. The first kappa shape index (κ1) is 20.4. The molecule has 0 bridgehead atoms. The Morgan fingerprint density at radius 1 is 1.32 bits per heavy atom. The van der Waals surface area contributed by atoms with Crippen molar-refractivity contribution in [3.05, 3.63) is 0 Å². The van der Waals surface area contributed by atoms with E-state index in [-0.39, 0.29) is 12.8 Å². The molecule has 10 nitrogen and oxygen atoms in total. The van der Waals surface area contributed by atoms with E-state index < -0.39 is 54.0 Å². The van der Waals surface area contributed by atoms with Crippen molar-refractivity contribution < 1.29 is 33.8 Å². The third-order valence-electron chi connectivity index (χ3n) is 3.25. The van der Waals surface area contributed by atoms with Crippen molar-refractivity contribution in [2.24, 2.45) is 0 Å². The van der Waals surface area contributed by atoms with Crippen LogP contribution in [0.1, 0.15) is 40.5 Å². The van der Waals surface area contributed by atoms with Gasteiger partial charge >= 0.3 is 12.1 Å². The van der Waals surface area contributed by atoms with Crippen LogP contribution in [0.3, 0.4) is 0 Å². The molecule has 2 atom stereocenters. The summed E-state index contributed by atoms with van der Waals surface area (Å²) in [5.41, 5.74) is -0.725. The number of likely N-dealkylation sites (tertiary alicyclic amines) is 1. The highest BCUT2D eigenvalue weighted by atomic mass is 16.6. The highest BCUT2D eigenvalue weighted by Gasteiger charge is 2.37. The zero-order chi connectivity index (χ0) is 19.4. The lowest BCUT2D eigenvalue weighted by atomic mass is 10.0. The van der Waals surface area contributed by atoms with Crippen LogP contribution in [0.25, 0.3) is 0 Å². The lowest BCUT2D eigenvalue weighted by Gasteiger charge is -2.30. The van der Waals surface area contributed by atoms with Gasteiger partial charge in [0.15, 0.2) is 0 Å². The first-order valence-electron chi connectivity index (χ1n) is 7.76. The van der Waals surface area contributed by atoms with Crippen molar-refractivity contribution in [2.45, 2.75) is 58.2 Å². The summed E-state index contributed by atoms with van der Waals surface area (Å²) < 4.78 is 5.03. The van der Waals surface area contributed by atoms with Gasteiger partial charge < -0.3 is 20.5 Å². The number of nitrogens with one attached hydrogen (secondary N) is 2. The smallest absolute Gasteiger partial charge is 0.408 e. The molecule has 4 amide bonds. The minimum Gasteiger partial charge on any atom is -0.480 e. The maximum absolute atomic E-state index is 12.2. The minimum absolute atomic E-state index is 0.0577. The van der Waals surface area contributed by atoms with Crippen LogP contribution >= 0.6 is 0 Å². The van der Waals surface area contributed by atoms with Crippen LogP contribution in [0.4, 0.5) is 4.79 Å². The highest BCUT2D eigenvalue weighted by Crippen LogP contribution is 2.13. The molecule has 0 radical (unpaired) electrons. The van der Waals surface area contributed by atoms with Crippen LogP contribution in [0.15, 0.2) is 0 Å². The van der Waals surface area contributed by atoms with E-state index in [1.54, 1.807) is 20.8 Å². The van der Waals surface area contributed by atoms with Crippen LogP contribution < -0.4 is 10.6 Å². The molecular weight excluding hydrogens is 334 g/mol. The second-order valence-electron chi connectivity index (χ2n) is 6.68. The zero-order valence-electron chi connectivity index (χ0n) is 14.6. The van der Waals surface area contributed by atoms with E-state index in [2.05, 4.69) is 10.6 Å². The number of carboxylic acids is 1. The summed E-state index contributed by atoms with van der Waals surface area (Å²) in [5, 5.41) is 13.5. The lowest BCUT2D eigenvalue weighted by molar-refractivity contribution is -0.156. The summed E-state index contributed by atoms with van der Waals surface area (Å²) >= 11 is 0. The Hall–Kier alpha value is -2.65. The predicted octanol–water partition coefficient (Wildman–Crippen LogP) is -0.382. The summed E-state index contributed by atoms with van der Waals surface area (Å²) in [6, 6.07) is -2.00. The normalized spacial score (nSPS) is 19.2. The van der Waals surface area contributed by atoms with Gasteiger partial charge in [-0.1, -0.05) is 0 Å². The first-order chi connectivity index (χ1) is 11.4. The summed E-state index contributed by atoms with van der Waals surface area (Å²) in [4.78, 5) is 58.9. The number of carbonyl (C=O) groups excluding carboxylic acids is 4. The Balaban J connectivity index is 2.63. The molecule has 0 spiro atoms. The molecule has 1 aliphatic rings. The molecular formula is C15H23N3O7. The molecule has 140 valence electrons. The Morgan fingerprint density at radius 2 is 1.92 bits per heavy atom. The van der Waals surface area contributed by atoms with Crippen molar-refractivity contribution in [1.29, 1.82) is 0 Å². The zero-order valence-corrected chi connectivity index (χ0v) is 14.6. The molecule has 0 unspecified atom stereocenters. The van der Waals surface area contributed by atoms with Crippen LogP contribution in [0, 0.1) is 0 Å². The van der Waals surface area contributed by atoms with Gasteiger partial charge in [-0.2, -0.15) is 0 Å². The van der Waals surface area contributed by atoms with Crippen molar-refractivity contribution in [3.8, 4) is 0 Å². The lowest BCUT2D eigenvalue weighted by Crippen LogP contribution is -2.58. The minimum atomic E-state index is -1.33. The number of rotatable bonds is 5. The van der Waals surface area contributed by atoms with Crippen molar-refractivity contribution in [3.63, 3.8) is 0 Å². The Bertz CT molecular complexity index is 582. The number of hydrogen-bond donors (Lipinski definition) is 3. The van der Waals surface area contributed by atoms with Crippen molar-refractivity contribution in [2.75, 3.05) is 6.54 Å². The standard InChI is InChI=1S/C15H23N3O7/c1-8(16-14(24)25-15(2,3)4)12(22)17-9-5-6-10(19)18(13(9)23)7-11(20)21/h8-9H,5-7H2,1-4H3,(H,16,24)(H,17,22)(H,20,21)/t8-,9-/m0/s1. The average Bonchev–Trinajstić information content (AvgIpc) is 2.43. The van der Waals surface area contributed by atoms with Gasteiger partial charge in [-0.3, -0.25) is 24.1 Å². The van der Waals surface area contributed by atoms with E-state index in [4.69, 9.17) is 9.84 Å². The number of imide groups is 1. The largest absolute Gasteiger partial charge is 0.480 e. The summed E-state index contributed by atoms with van der Waals surface area (Å²) in [7, 11) is 0. The molecule has 25 heavy (non-hydrogen) atoms. The van der Waals surface area contributed by atoms with E-state index >= 15 is 0 Å². The van der Waals surface area contributed by atoms with Gasteiger partial charge in [-0.05, 0) is 34.1 Å². The Labute approximate surface area is 144 Å². The van der Waals surface area contributed by atoms with Gasteiger partial charge in [0.05, 0.1) is 0 Å². The Kier molecular flexibility index (Phi) is 6.49. The number of nitrogens with zero attached hydrogens (tertiary/aromatic N) is 1. The maximum Gasteiger partial charge on any atom is 0.408 e. The molecule has 0 saturated carbocycles. The van der Waals surface area contributed by atoms with Crippen LogP contribution in [0.2, 0.25) is 0 Å². The number of alkyl carbamates (subject to hydrolysis) is 1.